The van der Waals surface area contributed by atoms with Gasteiger partial charge in [0.05, 0.1) is 34.9 Å². The van der Waals surface area contributed by atoms with Crippen molar-refractivity contribution in [3.63, 3.8) is 0 Å². The Morgan fingerprint density at radius 3 is 2.52 bits per heavy atom. The number of halogens is 2. The van der Waals surface area contributed by atoms with Gasteiger partial charge in [-0.3, -0.25) is 19.7 Å². The molecule has 1 N–H and O–H groups in total. The van der Waals surface area contributed by atoms with Crippen LogP contribution in [0.5, 0.6) is 5.75 Å². The highest BCUT2D eigenvalue weighted by Crippen LogP contribution is 2.28. The molecule has 2 amide bonds. The molecule has 0 spiro atoms. The summed E-state index contributed by atoms with van der Waals surface area (Å²) in [4.78, 5) is 36.0. The summed E-state index contributed by atoms with van der Waals surface area (Å²) in [6.07, 6.45) is 0. The zero-order valence-electron chi connectivity index (χ0n) is 14.4. The average molecular weight is 412 g/mol. The second kappa shape index (κ2) is 8.70. The summed E-state index contributed by atoms with van der Waals surface area (Å²) in [6, 6.07) is 8.24. The highest BCUT2D eigenvalue weighted by atomic mass is 35.5. The predicted octanol–water partition coefficient (Wildman–Crippen LogP) is 3.62. The van der Waals surface area contributed by atoms with Crippen LogP contribution in [-0.2, 0) is 4.79 Å². The summed E-state index contributed by atoms with van der Waals surface area (Å²) in [7, 11) is 2.86. The monoisotopic (exact) mass is 411 g/mol. The van der Waals surface area contributed by atoms with E-state index in [1.54, 1.807) is 12.1 Å². The van der Waals surface area contributed by atoms with Gasteiger partial charge in [-0.15, -0.1) is 0 Å². The van der Waals surface area contributed by atoms with Crippen LogP contribution in [-0.4, -0.2) is 42.3 Å². The Kier molecular flexibility index (Phi) is 6.59. The molecule has 0 atom stereocenters. The first-order valence-electron chi connectivity index (χ1n) is 7.55. The maximum atomic E-state index is 12.5. The number of hydrogen-bond donors (Lipinski definition) is 1. The van der Waals surface area contributed by atoms with Crippen LogP contribution in [0.3, 0.4) is 0 Å². The third kappa shape index (κ3) is 5.08. The number of nitrogens with one attached hydrogen (secondary N) is 1. The largest absolute Gasteiger partial charge is 0.495 e. The molecule has 0 bridgehead atoms. The lowest BCUT2D eigenvalue weighted by Gasteiger charge is -2.18. The van der Waals surface area contributed by atoms with Crippen LogP contribution in [0.25, 0.3) is 0 Å². The third-order valence-electron chi connectivity index (χ3n) is 3.56. The van der Waals surface area contributed by atoms with Crippen LogP contribution in [0, 0.1) is 10.1 Å². The van der Waals surface area contributed by atoms with Gasteiger partial charge in [0.1, 0.15) is 5.75 Å². The molecule has 2 aromatic carbocycles. The standard InChI is InChI=1S/C17H15Cl2N3O5/c1-21(17(24)12-5-4-11(22(25)26)8-13(12)19)9-16(23)20-14-7-10(18)3-6-15(14)27-2/h3-8H,9H2,1-2H3,(H,20,23). The lowest BCUT2D eigenvalue weighted by molar-refractivity contribution is -0.384. The van der Waals surface area contributed by atoms with E-state index in [1.165, 1.54) is 32.4 Å². The first-order chi connectivity index (χ1) is 12.7. The van der Waals surface area contributed by atoms with Crippen LogP contribution in [0.1, 0.15) is 10.4 Å². The normalized spacial score (nSPS) is 10.2. The highest BCUT2D eigenvalue weighted by molar-refractivity contribution is 6.34. The van der Waals surface area contributed by atoms with E-state index in [9.17, 15) is 19.7 Å². The number of amides is 2. The first kappa shape index (κ1) is 20.5. The van der Waals surface area contributed by atoms with E-state index in [-0.39, 0.29) is 22.8 Å². The molecule has 0 fully saturated rings. The molecule has 8 nitrogen and oxygen atoms in total. The Morgan fingerprint density at radius 1 is 1.22 bits per heavy atom. The number of nitro benzene ring substituents is 1. The highest BCUT2D eigenvalue weighted by Gasteiger charge is 2.20. The lowest BCUT2D eigenvalue weighted by atomic mass is 10.2. The number of likely N-dealkylation sites (N-methyl/N-ethyl adjacent to an activating group) is 1. The number of non-ortho nitro benzene ring substituents is 1. The fraction of sp³-hybridized carbons (Fsp3) is 0.176. The summed E-state index contributed by atoms with van der Waals surface area (Å²) >= 11 is 11.9. The molecule has 0 aliphatic rings. The van der Waals surface area contributed by atoms with Crippen molar-refractivity contribution in [1.29, 1.82) is 0 Å². The van der Waals surface area contributed by atoms with E-state index in [2.05, 4.69) is 5.32 Å². The van der Waals surface area contributed by atoms with Crippen LogP contribution >= 0.6 is 23.2 Å². The number of carbonyl (C=O) groups is 2. The number of carbonyl (C=O) groups excluding carboxylic acids is 2. The molecule has 0 aromatic heterocycles. The van der Waals surface area contributed by atoms with E-state index in [0.717, 1.165) is 11.0 Å². The molecule has 0 radical (unpaired) electrons. The van der Waals surface area contributed by atoms with Crippen molar-refractivity contribution in [2.24, 2.45) is 0 Å². The molecule has 27 heavy (non-hydrogen) atoms. The van der Waals surface area contributed by atoms with E-state index in [1.807, 2.05) is 0 Å². The van der Waals surface area contributed by atoms with Crippen LogP contribution in [0.2, 0.25) is 10.0 Å². The van der Waals surface area contributed by atoms with E-state index in [4.69, 9.17) is 27.9 Å². The molecule has 2 rings (SSSR count). The van der Waals surface area contributed by atoms with Crippen LogP contribution < -0.4 is 10.1 Å². The Labute approximate surface area is 164 Å². The van der Waals surface area contributed by atoms with Crippen molar-refractivity contribution in [2.75, 3.05) is 26.0 Å². The second-order valence-corrected chi connectivity index (χ2v) is 6.32. The molecule has 0 saturated carbocycles. The van der Waals surface area contributed by atoms with E-state index in [0.29, 0.717) is 16.5 Å². The van der Waals surface area contributed by atoms with Crippen molar-refractivity contribution in [2.45, 2.75) is 0 Å². The van der Waals surface area contributed by atoms with Gasteiger partial charge in [-0.25, -0.2) is 0 Å². The number of ether oxygens (including phenoxy) is 1. The number of nitro groups is 1. The number of hydrogen-bond acceptors (Lipinski definition) is 5. The van der Waals surface area contributed by atoms with Gasteiger partial charge < -0.3 is 15.0 Å². The zero-order chi connectivity index (χ0) is 20.1. The fourth-order valence-electron chi connectivity index (χ4n) is 2.25. The summed E-state index contributed by atoms with van der Waals surface area (Å²) in [5.74, 6) is -0.618. The molecule has 0 heterocycles. The molecule has 0 aliphatic heterocycles. The first-order valence-corrected chi connectivity index (χ1v) is 8.31. The Hall–Kier alpha value is -2.84. The van der Waals surface area contributed by atoms with Crippen LogP contribution in [0.15, 0.2) is 36.4 Å². The molecular weight excluding hydrogens is 397 g/mol. The van der Waals surface area contributed by atoms with Gasteiger partial charge in [-0.05, 0) is 24.3 Å². The minimum atomic E-state index is -0.615. The molecule has 0 saturated heterocycles. The number of nitrogens with zero attached hydrogens (tertiary/aromatic N) is 2. The Bertz CT molecular complexity index is 904. The Morgan fingerprint density at radius 2 is 1.93 bits per heavy atom. The Balaban J connectivity index is 2.09. The number of rotatable bonds is 6. The SMILES string of the molecule is COc1ccc(Cl)cc1NC(=O)CN(C)C(=O)c1ccc([N+](=O)[O-])cc1Cl. The van der Waals surface area contributed by atoms with Gasteiger partial charge in [0.2, 0.25) is 5.91 Å². The van der Waals surface area contributed by atoms with Gasteiger partial charge in [0, 0.05) is 24.2 Å². The van der Waals surface area contributed by atoms with Crippen molar-refractivity contribution in [3.05, 3.63) is 62.1 Å². The topological polar surface area (TPSA) is 102 Å². The second-order valence-electron chi connectivity index (χ2n) is 5.48. The minimum absolute atomic E-state index is 0.0536. The predicted molar refractivity (Wildman–Crippen MR) is 102 cm³/mol. The third-order valence-corrected chi connectivity index (χ3v) is 4.10. The quantitative estimate of drug-likeness (QED) is 0.577. The van der Waals surface area contributed by atoms with Crippen molar-refractivity contribution in [1.82, 2.24) is 4.90 Å². The molecule has 142 valence electrons. The van der Waals surface area contributed by atoms with E-state index < -0.39 is 16.7 Å². The maximum Gasteiger partial charge on any atom is 0.270 e. The van der Waals surface area contributed by atoms with Gasteiger partial charge in [-0.2, -0.15) is 0 Å². The summed E-state index contributed by atoms with van der Waals surface area (Å²) in [6.45, 7) is -0.276. The van der Waals surface area contributed by atoms with Crippen molar-refractivity contribution >= 4 is 46.4 Å². The van der Waals surface area contributed by atoms with Gasteiger partial charge >= 0.3 is 0 Å². The molecule has 2 aromatic rings. The van der Waals surface area contributed by atoms with Crippen molar-refractivity contribution in [3.8, 4) is 5.75 Å². The van der Waals surface area contributed by atoms with E-state index >= 15 is 0 Å². The lowest BCUT2D eigenvalue weighted by Crippen LogP contribution is -2.35. The van der Waals surface area contributed by atoms with Crippen LogP contribution in [0.4, 0.5) is 11.4 Å². The maximum absolute atomic E-state index is 12.5. The zero-order valence-corrected chi connectivity index (χ0v) is 15.9. The van der Waals surface area contributed by atoms with Gasteiger partial charge in [0.15, 0.2) is 0 Å². The summed E-state index contributed by atoms with van der Waals surface area (Å²) in [5, 5.41) is 13.7. The average Bonchev–Trinajstić information content (AvgIpc) is 2.61. The number of anilines is 1. The van der Waals surface area contributed by atoms with Gasteiger partial charge in [0.25, 0.3) is 11.6 Å². The number of methoxy groups -OCH3 is 1. The molecular formula is C17H15Cl2N3O5. The van der Waals surface area contributed by atoms with Crippen molar-refractivity contribution < 1.29 is 19.2 Å². The summed E-state index contributed by atoms with van der Waals surface area (Å²) < 4.78 is 5.14. The summed E-state index contributed by atoms with van der Waals surface area (Å²) in [5.41, 5.74) is 0.187. The smallest absolute Gasteiger partial charge is 0.270 e. The molecule has 0 aliphatic carbocycles. The fourth-order valence-corrected chi connectivity index (χ4v) is 2.68. The molecule has 10 heteroatoms. The number of benzene rings is 2. The minimum Gasteiger partial charge on any atom is -0.495 e. The molecule has 0 unspecified atom stereocenters. The van der Waals surface area contributed by atoms with Gasteiger partial charge in [-0.1, -0.05) is 23.2 Å².